The lowest BCUT2D eigenvalue weighted by Crippen LogP contribution is -1.85. The molecule has 0 radical (unpaired) electrons. The van der Waals surface area contributed by atoms with Crippen LogP contribution in [0.25, 0.3) is 55.9 Å². The molecule has 2 heterocycles. The molecule has 0 atom stereocenters. The lowest BCUT2D eigenvalue weighted by atomic mass is 10.00. The van der Waals surface area contributed by atoms with E-state index in [9.17, 15) is 0 Å². The lowest BCUT2D eigenvalue weighted by molar-refractivity contribution is 0.619. The van der Waals surface area contributed by atoms with Gasteiger partial charge in [-0.3, -0.25) is 0 Å². The third-order valence-corrected chi connectivity index (χ3v) is 6.39. The molecule has 0 spiro atoms. The highest BCUT2D eigenvalue weighted by molar-refractivity contribution is 6.03. The highest BCUT2D eigenvalue weighted by Gasteiger charge is 2.17. The molecule has 4 heteroatoms. The number of aryl methyl sites for hydroxylation is 4. The summed E-state index contributed by atoms with van der Waals surface area (Å²) in [6, 6.07) is 20.6. The summed E-state index contributed by atoms with van der Waals surface area (Å²) >= 11 is 0. The largest absolute Gasteiger partial charge is 0.436 e. The smallest absolute Gasteiger partial charge is 0.227 e. The van der Waals surface area contributed by atoms with Crippen molar-refractivity contribution in [1.82, 2.24) is 9.97 Å². The third kappa shape index (κ3) is 2.83. The Morgan fingerprint density at radius 1 is 0.531 bits per heavy atom. The van der Waals surface area contributed by atoms with Gasteiger partial charge in [-0.15, -0.1) is 0 Å². The van der Waals surface area contributed by atoms with Crippen LogP contribution in [0.1, 0.15) is 22.3 Å². The molecule has 156 valence electrons. The Kier molecular flexibility index (Phi) is 3.99. The normalized spacial score (nSPS) is 11.8. The van der Waals surface area contributed by atoms with E-state index < -0.39 is 0 Å². The predicted octanol–water partition coefficient (Wildman–Crippen LogP) is 7.69. The van der Waals surface area contributed by atoms with Crippen molar-refractivity contribution in [3.05, 3.63) is 82.9 Å². The zero-order valence-electron chi connectivity index (χ0n) is 18.5. The van der Waals surface area contributed by atoms with Crippen LogP contribution < -0.4 is 0 Å². The summed E-state index contributed by atoms with van der Waals surface area (Å²) in [5.74, 6) is 1.24. The predicted molar refractivity (Wildman–Crippen MR) is 129 cm³/mol. The first-order valence-corrected chi connectivity index (χ1v) is 10.8. The molecule has 0 aliphatic rings. The first-order chi connectivity index (χ1) is 15.5. The van der Waals surface area contributed by atoms with Crippen LogP contribution in [0.5, 0.6) is 0 Å². The number of aromatic nitrogens is 2. The van der Waals surface area contributed by atoms with Gasteiger partial charge in [0, 0.05) is 11.1 Å². The van der Waals surface area contributed by atoms with E-state index in [1.54, 1.807) is 0 Å². The van der Waals surface area contributed by atoms with Crippen molar-refractivity contribution in [3.63, 3.8) is 0 Å². The lowest BCUT2D eigenvalue weighted by Gasteiger charge is -2.06. The average Bonchev–Trinajstić information content (AvgIpc) is 3.37. The van der Waals surface area contributed by atoms with Crippen molar-refractivity contribution in [3.8, 4) is 22.9 Å². The summed E-state index contributed by atoms with van der Waals surface area (Å²) in [6.45, 7) is 8.36. The molecule has 4 aromatic carbocycles. The van der Waals surface area contributed by atoms with E-state index in [2.05, 4.69) is 76.2 Å². The van der Waals surface area contributed by atoms with Crippen molar-refractivity contribution >= 4 is 33.0 Å². The second-order valence-corrected chi connectivity index (χ2v) is 8.55. The highest BCUT2D eigenvalue weighted by Crippen LogP contribution is 2.36. The minimum atomic E-state index is 0.622. The Hall–Kier alpha value is -3.92. The van der Waals surface area contributed by atoms with Crippen molar-refractivity contribution in [2.45, 2.75) is 27.7 Å². The fourth-order valence-corrected chi connectivity index (χ4v) is 4.27. The van der Waals surface area contributed by atoms with Crippen LogP contribution in [-0.2, 0) is 0 Å². The van der Waals surface area contributed by atoms with Gasteiger partial charge in [-0.1, -0.05) is 24.3 Å². The minimum Gasteiger partial charge on any atom is -0.436 e. The SMILES string of the molecule is Cc1cc2nc(-c3cccc4c(-c5nc6cc(C)c(C)cc6o5)cccc34)oc2cc1C. The first-order valence-electron chi connectivity index (χ1n) is 10.8. The maximum Gasteiger partial charge on any atom is 0.227 e. The van der Waals surface area contributed by atoms with Crippen LogP contribution in [0.4, 0.5) is 0 Å². The molecule has 0 unspecified atom stereocenters. The molecular weight excluding hydrogens is 396 g/mol. The number of rotatable bonds is 2. The molecular formula is C28H22N2O2. The van der Waals surface area contributed by atoms with Gasteiger partial charge in [-0.2, -0.15) is 0 Å². The second kappa shape index (κ2) is 6.79. The molecule has 6 rings (SSSR count). The van der Waals surface area contributed by atoms with E-state index in [-0.39, 0.29) is 0 Å². The maximum atomic E-state index is 6.17. The Bertz CT molecular complexity index is 1470. The topological polar surface area (TPSA) is 52.1 Å². The number of benzene rings is 4. The van der Waals surface area contributed by atoms with Gasteiger partial charge in [0.25, 0.3) is 0 Å². The fourth-order valence-electron chi connectivity index (χ4n) is 4.27. The molecule has 2 aromatic heterocycles. The van der Waals surface area contributed by atoms with Crippen molar-refractivity contribution in [1.29, 1.82) is 0 Å². The highest BCUT2D eigenvalue weighted by atomic mass is 16.4. The van der Waals surface area contributed by atoms with Crippen LogP contribution in [-0.4, -0.2) is 9.97 Å². The van der Waals surface area contributed by atoms with E-state index in [1.807, 2.05) is 12.1 Å². The van der Waals surface area contributed by atoms with Gasteiger partial charge in [0.2, 0.25) is 11.8 Å². The van der Waals surface area contributed by atoms with E-state index in [1.165, 1.54) is 22.3 Å². The van der Waals surface area contributed by atoms with Crippen molar-refractivity contribution in [2.75, 3.05) is 0 Å². The molecule has 6 aromatic rings. The Labute approximate surface area is 185 Å². The average molecular weight is 418 g/mol. The summed E-state index contributed by atoms with van der Waals surface area (Å²) in [5.41, 5.74) is 10.1. The molecule has 0 aliphatic heterocycles. The summed E-state index contributed by atoms with van der Waals surface area (Å²) < 4.78 is 12.3. The van der Waals surface area contributed by atoms with Gasteiger partial charge in [0.15, 0.2) is 11.2 Å². The van der Waals surface area contributed by atoms with Gasteiger partial charge < -0.3 is 8.83 Å². The number of fused-ring (bicyclic) bond motifs is 3. The van der Waals surface area contributed by atoms with Crippen molar-refractivity contribution in [2.24, 2.45) is 0 Å². The van der Waals surface area contributed by atoms with E-state index in [4.69, 9.17) is 18.8 Å². The van der Waals surface area contributed by atoms with Gasteiger partial charge in [0.1, 0.15) is 11.0 Å². The fraction of sp³-hybridized carbons (Fsp3) is 0.143. The first kappa shape index (κ1) is 18.8. The Balaban J connectivity index is 1.55. The summed E-state index contributed by atoms with van der Waals surface area (Å²) in [4.78, 5) is 9.57. The van der Waals surface area contributed by atoms with Crippen LogP contribution in [0.3, 0.4) is 0 Å². The molecule has 0 N–H and O–H groups in total. The molecule has 0 saturated carbocycles. The molecule has 0 fully saturated rings. The van der Waals surface area contributed by atoms with Gasteiger partial charge in [0.05, 0.1) is 0 Å². The number of nitrogens with zero attached hydrogens (tertiary/aromatic N) is 2. The van der Waals surface area contributed by atoms with Crippen molar-refractivity contribution < 1.29 is 8.83 Å². The molecule has 0 saturated heterocycles. The van der Waals surface area contributed by atoms with Crippen LogP contribution in [0.15, 0.2) is 69.5 Å². The molecule has 4 nitrogen and oxygen atoms in total. The molecule has 0 aliphatic carbocycles. The summed E-state index contributed by atoms with van der Waals surface area (Å²) in [6.07, 6.45) is 0. The molecule has 0 amide bonds. The quantitative estimate of drug-likeness (QED) is 0.289. The molecule has 0 bridgehead atoms. The zero-order chi connectivity index (χ0) is 22.0. The maximum absolute atomic E-state index is 6.17. The van der Waals surface area contributed by atoms with Gasteiger partial charge in [-0.25, -0.2) is 9.97 Å². The van der Waals surface area contributed by atoms with E-state index >= 15 is 0 Å². The monoisotopic (exact) mass is 418 g/mol. The summed E-state index contributed by atoms with van der Waals surface area (Å²) in [7, 11) is 0. The Morgan fingerprint density at radius 2 is 0.938 bits per heavy atom. The van der Waals surface area contributed by atoms with Gasteiger partial charge in [-0.05, 0) is 97.1 Å². The van der Waals surface area contributed by atoms with Crippen LogP contribution in [0, 0.1) is 27.7 Å². The van der Waals surface area contributed by atoms with Gasteiger partial charge >= 0.3 is 0 Å². The van der Waals surface area contributed by atoms with E-state index in [0.717, 1.165) is 44.1 Å². The van der Waals surface area contributed by atoms with E-state index in [0.29, 0.717) is 11.8 Å². The van der Waals surface area contributed by atoms with Crippen LogP contribution in [0.2, 0.25) is 0 Å². The number of hydrogen-bond acceptors (Lipinski definition) is 4. The third-order valence-electron chi connectivity index (χ3n) is 6.39. The minimum absolute atomic E-state index is 0.622. The number of oxazole rings is 2. The zero-order valence-corrected chi connectivity index (χ0v) is 18.5. The second-order valence-electron chi connectivity index (χ2n) is 8.55. The van der Waals surface area contributed by atoms with Crippen LogP contribution >= 0.6 is 0 Å². The number of hydrogen-bond donors (Lipinski definition) is 0. The molecule has 32 heavy (non-hydrogen) atoms. The Morgan fingerprint density at radius 3 is 1.38 bits per heavy atom. The standard InChI is InChI=1S/C28H22N2O2/c1-15-11-23-25(13-17(15)3)31-27(29-23)21-9-5-8-20-19(21)7-6-10-22(20)28-30-24-12-16(2)18(4)14-26(24)32-28/h5-14H,1-4H3. The summed E-state index contributed by atoms with van der Waals surface area (Å²) in [5, 5.41) is 2.11.